The SMILES string of the molecule is C=CCN1CCC2(CC1)CC(N1CCC(CC)CC1)C2. The number of hydrogen-bond donors (Lipinski definition) is 0. The molecule has 0 amide bonds. The van der Waals surface area contributed by atoms with Crippen molar-refractivity contribution in [3.8, 4) is 0 Å². The zero-order valence-corrected chi connectivity index (χ0v) is 13.3. The van der Waals surface area contributed by atoms with E-state index in [1.165, 1.54) is 71.1 Å². The van der Waals surface area contributed by atoms with E-state index < -0.39 is 0 Å². The van der Waals surface area contributed by atoms with Gasteiger partial charge in [0.25, 0.3) is 0 Å². The summed E-state index contributed by atoms with van der Waals surface area (Å²) in [5, 5.41) is 0. The van der Waals surface area contributed by atoms with Crippen LogP contribution < -0.4 is 0 Å². The second-order valence-corrected chi connectivity index (χ2v) is 7.54. The first-order valence-electron chi connectivity index (χ1n) is 8.82. The molecule has 20 heavy (non-hydrogen) atoms. The number of hydrogen-bond acceptors (Lipinski definition) is 2. The van der Waals surface area contributed by atoms with Gasteiger partial charge in [-0.1, -0.05) is 19.4 Å². The summed E-state index contributed by atoms with van der Waals surface area (Å²) in [7, 11) is 0. The van der Waals surface area contributed by atoms with Crippen LogP contribution in [0.2, 0.25) is 0 Å². The van der Waals surface area contributed by atoms with E-state index in [0.717, 1.165) is 23.9 Å². The first kappa shape index (κ1) is 14.6. The highest BCUT2D eigenvalue weighted by Crippen LogP contribution is 2.51. The molecule has 0 aromatic heterocycles. The molecule has 0 bridgehead atoms. The Morgan fingerprint density at radius 3 is 2.30 bits per heavy atom. The van der Waals surface area contributed by atoms with Crippen LogP contribution in [0.5, 0.6) is 0 Å². The molecule has 2 heterocycles. The smallest absolute Gasteiger partial charge is 0.0160 e. The van der Waals surface area contributed by atoms with Crippen molar-refractivity contribution in [2.45, 2.75) is 57.9 Å². The third-order valence-electron chi connectivity index (χ3n) is 6.38. The van der Waals surface area contributed by atoms with Crippen molar-refractivity contribution in [1.29, 1.82) is 0 Å². The van der Waals surface area contributed by atoms with Gasteiger partial charge in [0.15, 0.2) is 0 Å². The van der Waals surface area contributed by atoms with Crippen LogP contribution in [0.3, 0.4) is 0 Å². The minimum atomic E-state index is 0.726. The number of likely N-dealkylation sites (tertiary alicyclic amines) is 2. The topological polar surface area (TPSA) is 6.48 Å². The standard InChI is InChI=1S/C18H32N2/c1-3-9-19-12-7-18(8-13-19)14-17(15-18)20-10-5-16(4-2)6-11-20/h3,16-17H,1,4-15H2,2H3. The average molecular weight is 276 g/mol. The molecule has 3 aliphatic rings. The first-order valence-corrected chi connectivity index (χ1v) is 8.82. The molecule has 2 heteroatoms. The summed E-state index contributed by atoms with van der Waals surface area (Å²) in [5.74, 6) is 1.02. The fraction of sp³-hybridized carbons (Fsp3) is 0.889. The molecule has 114 valence electrons. The van der Waals surface area contributed by atoms with Crippen LogP contribution in [0.1, 0.15) is 51.9 Å². The molecule has 0 N–H and O–H groups in total. The lowest BCUT2D eigenvalue weighted by atomic mass is 9.59. The highest BCUT2D eigenvalue weighted by Gasteiger charge is 2.47. The molecule has 0 unspecified atom stereocenters. The maximum Gasteiger partial charge on any atom is 0.0160 e. The van der Waals surface area contributed by atoms with Crippen molar-refractivity contribution < 1.29 is 0 Å². The molecule has 2 nitrogen and oxygen atoms in total. The van der Waals surface area contributed by atoms with Crippen LogP contribution >= 0.6 is 0 Å². The molecule has 2 saturated heterocycles. The molecule has 0 radical (unpaired) electrons. The predicted octanol–water partition coefficient (Wildman–Crippen LogP) is 3.54. The summed E-state index contributed by atoms with van der Waals surface area (Å²) in [6, 6.07) is 0.929. The van der Waals surface area contributed by atoms with E-state index in [-0.39, 0.29) is 0 Å². The Kier molecular flexibility index (Phi) is 4.52. The largest absolute Gasteiger partial charge is 0.300 e. The van der Waals surface area contributed by atoms with E-state index >= 15 is 0 Å². The van der Waals surface area contributed by atoms with Gasteiger partial charge in [0.2, 0.25) is 0 Å². The van der Waals surface area contributed by atoms with Crippen molar-refractivity contribution in [1.82, 2.24) is 9.80 Å². The normalized spacial score (nSPS) is 29.4. The Labute approximate surface area is 125 Å². The monoisotopic (exact) mass is 276 g/mol. The van der Waals surface area contributed by atoms with Gasteiger partial charge < -0.3 is 4.90 Å². The van der Waals surface area contributed by atoms with E-state index in [9.17, 15) is 0 Å². The highest BCUT2D eigenvalue weighted by molar-refractivity contribution is 5.02. The predicted molar refractivity (Wildman–Crippen MR) is 85.9 cm³/mol. The zero-order chi connectivity index (χ0) is 14.0. The van der Waals surface area contributed by atoms with E-state index in [1.54, 1.807) is 0 Å². The van der Waals surface area contributed by atoms with Gasteiger partial charge in [-0.25, -0.2) is 0 Å². The zero-order valence-electron chi connectivity index (χ0n) is 13.3. The van der Waals surface area contributed by atoms with Gasteiger partial charge in [-0.3, -0.25) is 4.90 Å². The van der Waals surface area contributed by atoms with Gasteiger partial charge >= 0.3 is 0 Å². The lowest BCUT2D eigenvalue weighted by molar-refractivity contribution is -0.0503. The van der Waals surface area contributed by atoms with Gasteiger partial charge in [-0.05, 0) is 76.0 Å². The Bertz CT molecular complexity index is 314. The molecule has 1 saturated carbocycles. The molecular weight excluding hydrogens is 244 g/mol. The van der Waals surface area contributed by atoms with Crippen LogP contribution in [0.25, 0.3) is 0 Å². The molecule has 3 fully saturated rings. The lowest BCUT2D eigenvalue weighted by Crippen LogP contribution is -2.56. The second-order valence-electron chi connectivity index (χ2n) is 7.54. The summed E-state index contributed by atoms with van der Waals surface area (Å²) in [4.78, 5) is 5.38. The Morgan fingerprint density at radius 1 is 1.10 bits per heavy atom. The fourth-order valence-electron chi connectivity index (χ4n) is 4.73. The third-order valence-corrected chi connectivity index (χ3v) is 6.38. The summed E-state index contributed by atoms with van der Waals surface area (Å²) in [6.45, 7) is 12.7. The molecule has 0 aromatic carbocycles. The van der Waals surface area contributed by atoms with Gasteiger partial charge in [-0.15, -0.1) is 6.58 Å². The van der Waals surface area contributed by atoms with Crippen LogP contribution in [-0.4, -0.2) is 48.6 Å². The summed E-state index contributed by atoms with van der Waals surface area (Å²) in [5.41, 5.74) is 0.726. The van der Waals surface area contributed by atoms with Gasteiger partial charge in [0, 0.05) is 12.6 Å². The fourth-order valence-corrected chi connectivity index (χ4v) is 4.73. The van der Waals surface area contributed by atoms with Crippen molar-refractivity contribution >= 4 is 0 Å². The molecule has 1 aliphatic carbocycles. The molecular formula is C18H32N2. The number of nitrogens with zero attached hydrogens (tertiary/aromatic N) is 2. The van der Waals surface area contributed by atoms with Gasteiger partial charge in [-0.2, -0.15) is 0 Å². The van der Waals surface area contributed by atoms with Crippen molar-refractivity contribution in [2.75, 3.05) is 32.7 Å². The highest BCUT2D eigenvalue weighted by atomic mass is 15.2. The Hall–Kier alpha value is -0.340. The van der Waals surface area contributed by atoms with Crippen molar-refractivity contribution in [3.05, 3.63) is 12.7 Å². The second kappa shape index (κ2) is 6.19. The Morgan fingerprint density at radius 2 is 1.75 bits per heavy atom. The van der Waals surface area contributed by atoms with E-state index in [0.29, 0.717) is 0 Å². The van der Waals surface area contributed by atoms with E-state index in [2.05, 4.69) is 29.4 Å². The molecule has 2 aliphatic heterocycles. The lowest BCUT2D eigenvalue weighted by Gasteiger charge is -2.56. The Balaban J connectivity index is 1.42. The molecule has 3 rings (SSSR count). The summed E-state index contributed by atoms with van der Waals surface area (Å²) >= 11 is 0. The van der Waals surface area contributed by atoms with Crippen LogP contribution in [0.4, 0.5) is 0 Å². The molecule has 1 spiro atoms. The van der Waals surface area contributed by atoms with Crippen LogP contribution in [0.15, 0.2) is 12.7 Å². The maximum atomic E-state index is 3.86. The first-order chi connectivity index (χ1) is 9.74. The van der Waals surface area contributed by atoms with Crippen molar-refractivity contribution in [3.63, 3.8) is 0 Å². The summed E-state index contributed by atoms with van der Waals surface area (Å²) in [6.07, 6.45) is 12.2. The number of piperidine rings is 2. The third kappa shape index (κ3) is 2.96. The van der Waals surface area contributed by atoms with Crippen molar-refractivity contribution in [2.24, 2.45) is 11.3 Å². The number of rotatable bonds is 4. The minimum Gasteiger partial charge on any atom is -0.300 e. The minimum absolute atomic E-state index is 0.726. The van der Waals surface area contributed by atoms with E-state index in [4.69, 9.17) is 0 Å². The average Bonchev–Trinajstić information content (AvgIpc) is 2.46. The molecule has 0 atom stereocenters. The van der Waals surface area contributed by atoms with Gasteiger partial charge in [0.05, 0.1) is 0 Å². The summed E-state index contributed by atoms with van der Waals surface area (Å²) < 4.78 is 0. The quantitative estimate of drug-likeness (QED) is 0.725. The van der Waals surface area contributed by atoms with E-state index in [1.807, 2.05) is 0 Å². The van der Waals surface area contributed by atoms with Crippen LogP contribution in [-0.2, 0) is 0 Å². The maximum absolute atomic E-state index is 3.86. The van der Waals surface area contributed by atoms with Crippen LogP contribution in [0, 0.1) is 11.3 Å². The van der Waals surface area contributed by atoms with Gasteiger partial charge in [0.1, 0.15) is 0 Å². The molecule has 0 aromatic rings.